The first kappa shape index (κ1) is 11.7. The summed E-state index contributed by atoms with van der Waals surface area (Å²) in [6.45, 7) is 9.61. The van der Waals surface area contributed by atoms with Crippen molar-refractivity contribution >= 4 is 5.71 Å². The summed E-state index contributed by atoms with van der Waals surface area (Å²) < 4.78 is 0. The van der Waals surface area contributed by atoms with Crippen LogP contribution in [0.15, 0.2) is 4.99 Å². The minimum atomic E-state index is 0.789. The highest BCUT2D eigenvalue weighted by atomic mass is 14.7. The maximum Gasteiger partial charge on any atom is 0.0388 e. The van der Waals surface area contributed by atoms with Gasteiger partial charge in [-0.2, -0.15) is 0 Å². The van der Waals surface area contributed by atoms with Crippen molar-refractivity contribution in [1.29, 1.82) is 0 Å². The van der Waals surface area contributed by atoms with E-state index < -0.39 is 0 Å². The minimum Gasteiger partial charge on any atom is -0.294 e. The van der Waals surface area contributed by atoms with Crippen LogP contribution in [-0.2, 0) is 0 Å². The van der Waals surface area contributed by atoms with E-state index in [4.69, 9.17) is 0 Å². The summed E-state index contributed by atoms with van der Waals surface area (Å²) in [4.78, 5) is 4.49. The largest absolute Gasteiger partial charge is 0.294 e. The molecule has 0 aromatic heterocycles. The second kappa shape index (κ2) is 7.33. The van der Waals surface area contributed by atoms with Gasteiger partial charge in [0.05, 0.1) is 0 Å². The van der Waals surface area contributed by atoms with Crippen LogP contribution in [0.2, 0.25) is 0 Å². The van der Waals surface area contributed by atoms with E-state index in [2.05, 4.69) is 18.8 Å². The summed E-state index contributed by atoms with van der Waals surface area (Å²) in [5.74, 6) is 0.789. The van der Waals surface area contributed by atoms with E-state index in [9.17, 15) is 0 Å². The lowest BCUT2D eigenvalue weighted by molar-refractivity contribution is 0.648. The SMILES string of the molecule is CC.CC(C)CC1=NCCCC1. The summed E-state index contributed by atoms with van der Waals surface area (Å²) in [5.41, 5.74) is 1.46. The lowest BCUT2D eigenvalue weighted by Gasteiger charge is -2.12. The molecule has 1 heteroatoms. The highest BCUT2D eigenvalue weighted by Crippen LogP contribution is 2.12. The molecule has 1 nitrogen and oxygen atoms in total. The van der Waals surface area contributed by atoms with Gasteiger partial charge in [-0.25, -0.2) is 0 Å². The molecule has 72 valence electrons. The maximum absolute atomic E-state index is 4.49. The van der Waals surface area contributed by atoms with E-state index in [1.807, 2.05) is 13.8 Å². The molecule has 0 bridgehead atoms. The quantitative estimate of drug-likeness (QED) is 0.598. The summed E-state index contributed by atoms with van der Waals surface area (Å²) in [7, 11) is 0. The number of rotatable bonds is 2. The van der Waals surface area contributed by atoms with Gasteiger partial charge in [-0.1, -0.05) is 27.7 Å². The van der Waals surface area contributed by atoms with Crippen molar-refractivity contribution in [2.24, 2.45) is 10.9 Å². The van der Waals surface area contributed by atoms with Crippen LogP contribution in [0.25, 0.3) is 0 Å². The van der Waals surface area contributed by atoms with E-state index in [-0.39, 0.29) is 0 Å². The fourth-order valence-electron chi connectivity index (χ4n) is 1.39. The summed E-state index contributed by atoms with van der Waals surface area (Å²) >= 11 is 0. The molecule has 0 unspecified atom stereocenters. The van der Waals surface area contributed by atoms with Crippen LogP contribution in [0, 0.1) is 5.92 Å². The van der Waals surface area contributed by atoms with E-state index in [0.29, 0.717) is 0 Å². The molecule has 12 heavy (non-hydrogen) atoms. The molecular weight excluding hydrogens is 146 g/mol. The second-order valence-corrected chi connectivity index (χ2v) is 3.50. The van der Waals surface area contributed by atoms with Crippen molar-refractivity contribution in [1.82, 2.24) is 0 Å². The predicted molar refractivity (Wildman–Crippen MR) is 57.0 cm³/mol. The van der Waals surface area contributed by atoms with Gasteiger partial charge in [0.25, 0.3) is 0 Å². The Hall–Kier alpha value is -0.330. The Bertz CT molecular complexity index is 125. The van der Waals surface area contributed by atoms with Crippen molar-refractivity contribution in [3.63, 3.8) is 0 Å². The van der Waals surface area contributed by atoms with Crippen LogP contribution in [0.4, 0.5) is 0 Å². The molecular formula is C11H23N. The lowest BCUT2D eigenvalue weighted by atomic mass is 10.0. The van der Waals surface area contributed by atoms with Crippen molar-refractivity contribution in [3.8, 4) is 0 Å². The highest BCUT2D eigenvalue weighted by molar-refractivity contribution is 5.85. The van der Waals surface area contributed by atoms with Crippen LogP contribution in [0.5, 0.6) is 0 Å². The smallest absolute Gasteiger partial charge is 0.0388 e. The molecule has 0 aliphatic carbocycles. The Morgan fingerprint density at radius 3 is 2.33 bits per heavy atom. The zero-order chi connectivity index (χ0) is 9.40. The fraction of sp³-hybridized carbons (Fsp3) is 0.909. The molecule has 0 N–H and O–H groups in total. The first-order chi connectivity index (χ1) is 5.79. The summed E-state index contributed by atoms with van der Waals surface area (Å²) in [6.07, 6.45) is 5.16. The van der Waals surface area contributed by atoms with E-state index in [1.54, 1.807) is 0 Å². The number of aliphatic imine (C=N–C) groups is 1. The molecule has 0 atom stereocenters. The Morgan fingerprint density at radius 2 is 1.92 bits per heavy atom. The molecule has 0 fully saturated rings. The first-order valence-electron chi connectivity index (χ1n) is 5.31. The van der Waals surface area contributed by atoms with Gasteiger partial charge in [0.15, 0.2) is 0 Å². The topological polar surface area (TPSA) is 12.4 Å². The standard InChI is InChI=1S/C9H17N.C2H6/c1-8(2)7-9-5-3-4-6-10-9;1-2/h8H,3-7H2,1-2H3;1-2H3. The zero-order valence-corrected chi connectivity index (χ0v) is 9.06. The third-order valence-electron chi connectivity index (χ3n) is 1.85. The van der Waals surface area contributed by atoms with Crippen LogP contribution in [-0.4, -0.2) is 12.3 Å². The third-order valence-corrected chi connectivity index (χ3v) is 1.85. The van der Waals surface area contributed by atoms with E-state index in [0.717, 1.165) is 12.5 Å². The van der Waals surface area contributed by atoms with Crippen molar-refractivity contribution in [2.75, 3.05) is 6.54 Å². The van der Waals surface area contributed by atoms with Crippen LogP contribution < -0.4 is 0 Å². The van der Waals surface area contributed by atoms with Crippen LogP contribution in [0.1, 0.15) is 53.4 Å². The molecule has 0 amide bonds. The predicted octanol–water partition coefficient (Wildman–Crippen LogP) is 3.68. The Kier molecular flexibility index (Phi) is 7.12. The Balaban J connectivity index is 0.000000561. The molecule has 0 spiro atoms. The maximum atomic E-state index is 4.49. The Morgan fingerprint density at radius 1 is 1.25 bits per heavy atom. The van der Waals surface area contributed by atoms with E-state index in [1.165, 1.54) is 31.4 Å². The molecule has 1 rings (SSSR count). The second-order valence-electron chi connectivity index (χ2n) is 3.50. The van der Waals surface area contributed by atoms with Crippen molar-refractivity contribution < 1.29 is 0 Å². The van der Waals surface area contributed by atoms with Crippen LogP contribution in [0.3, 0.4) is 0 Å². The van der Waals surface area contributed by atoms with Gasteiger partial charge in [0, 0.05) is 12.3 Å². The number of hydrogen-bond acceptors (Lipinski definition) is 1. The normalized spacial score (nSPS) is 16.6. The average molecular weight is 169 g/mol. The lowest BCUT2D eigenvalue weighted by Crippen LogP contribution is -2.08. The van der Waals surface area contributed by atoms with E-state index >= 15 is 0 Å². The molecule has 0 saturated carbocycles. The monoisotopic (exact) mass is 169 g/mol. The summed E-state index contributed by atoms with van der Waals surface area (Å²) in [5, 5.41) is 0. The number of hydrogen-bond donors (Lipinski definition) is 0. The minimum absolute atomic E-state index is 0.789. The average Bonchev–Trinajstić information content (AvgIpc) is 2.08. The molecule has 1 heterocycles. The van der Waals surface area contributed by atoms with Crippen LogP contribution >= 0.6 is 0 Å². The van der Waals surface area contributed by atoms with Gasteiger partial charge in [0.2, 0.25) is 0 Å². The zero-order valence-electron chi connectivity index (χ0n) is 9.06. The van der Waals surface area contributed by atoms with Gasteiger partial charge in [-0.3, -0.25) is 4.99 Å². The molecule has 0 aromatic rings. The molecule has 0 aromatic carbocycles. The van der Waals surface area contributed by atoms with Gasteiger partial charge in [-0.05, 0) is 31.6 Å². The fourth-order valence-corrected chi connectivity index (χ4v) is 1.39. The summed E-state index contributed by atoms with van der Waals surface area (Å²) in [6, 6.07) is 0. The van der Waals surface area contributed by atoms with Crippen molar-refractivity contribution in [3.05, 3.63) is 0 Å². The van der Waals surface area contributed by atoms with Gasteiger partial charge < -0.3 is 0 Å². The molecule has 0 radical (unpaired) electrons. The first-order valence-corrected chi connectivity index (χ1v) is 5.31. The van der Waals surface area contributed by atoms with Gasteiger partial charge in [0.1, 0.15) is 0 Å². The molecule has 0 saturated heterocycles. The molecule has 1 aliphatic heterocycles. The Labute approximate surface area is 77.3 Å². The highest BCUT2D eigenvalue weighted by Gasteiger charge is 2.05. The van der Waals surface area contributed by atoms with Crippen molar-refractivity contribution in [2.45, 2.75) is 53.4 Å². The molecule has 1 aliphatic rings. The van der Waals surface area contributed by atoms with Gasteiger partial charge >= 0.3 is 0 Å². The van der Waals surface area contributed by atoms with Gasteiger partial charge in [-0.15, -0.1) is 0 Å². The third kappa shape index (κ3) is 5.34. The number of nitrogens with zero attached hydrogens (tertiary/aromatic N) is 1.